The molecule has 1 N–H and O–H groups in total. The highest BCUT2D eigenvalue weighted by atomic mass is 35.5. The van der Waals surface area contributed by atoms with Crippen LogP contribution in [0.1, 0.15) is 31.8 Å². The fraction of sp³-hybridized carbons (Fsp3) is 0.188. The Morgan fingerprint density at radius 3 is 2.10 bits per heavy atom. The number of carbonyl (C=O) groups excluding carboxylic acids is 2. The first-order valence-electron chi connectivity index (χ1n) is 13.1. The topological polar surface area (TPSA) is 52.7 Å². The average molecular weight is 578 g/mol. The summed E-state index contributed by atoms with van der Waals surface area (Å²) in [6.45, 7) is 4.30. The molecule has 0 atom stereocenters. The Kier molecular flexibility index (Phi) is 8.03. The molecule has 4 aromatic rings. The molecule has 4 aromatic carbocycles. The van der Waals surface area contributed by atoms with E-state index >= 15 is 0 Å². The number of carbonyl (C=O) groups is 2. The Morgan fingerprint density at radius 2 is 1.46 bits per heavy atom. The lowest BCUT2D eigenvalue weighted by molar-refractivity contribution is -0.137. The van der Waals surface area contributed by atoms with Crippen LogP contribution in [0.15, 0.2) is 91.0 Å². The first-order valence-corrected chi connectivity index (χ1v) is 13.5. The Labute approximate surface area is 241 Å². The van der Waals surface area contributed by atoms with Crippen molar-refractivity contribution in [3.8, 4) is 11.1 Å². The zero-order valence-electron chi connectivity index (χ0n) is 22.2. The Morgan fingerprint density at radius 1 is 0.805 bits per heavy atom. The number of halogens is 4. The zero-order chi connectivity index (χ0) is 29.1. The van der Waals surface area contributed by atoms with Crippen LogP contribution in [-0.4, -0.2) is 42.9 Å². The van der Waals surface area contributed by atoms with Crippen LogP contribution in [0.3, 0.4) is 0 Å². The molecular weight excluding hydrogens is 551 g/mol. The van der Waals surface area contributed by atoms with Crippen LogP contribution >= 0.6 is 11.6 Å². The van der Waals surface area contributed by atoms with Crippen molar-refractivity contribution in [1.29, 1.82) is 0 Å². The zero-order valence-corrected chi connectivity index (χ0v) is 23.0. The standard InChI is InChI=1S/C32H27ClF3N3O2/c1-21-5-4-8-28(33)29(21)31(41)39-19-17-38(18-20-39)25-15-13-24(14-16-25)37-30(40)27-7-3-2-6-26(27)22-9-11-23(12-10-22)32(34,35)36/h2-16H,17-20H2,1H3,(H,37,40). The molecule has 5 nitrogen and oxygen atoms in total. The van der Waals surface area contributed by atoms with Crippen molar-refractivity contribution >= 4 is 34.8 Å². The lowest BCUT2D eigenvalue weighted by atomic mass is 9.98. The highest BCUT2D eigenvalue weighted by Gasteiger charge is 2.30. The van der Waals surface area contributed by atoms with E-state index in [1.165, 1.54) is 12.1 Å². The molecule has 1 aliphatic heterocycles. The summed E-state index contributed by atoms with van der Waals surface area (Å²) >= 11 is 6.29. The highest BCUT2D eigenvalue weighted by Crippen LogP contribution is 2.32. The molecule has 2 amide bonds. The fourth-order valence-electron chi connectivity index (χ4n) is 4.95. The lowest BCUT2D eigenvalue weighted by Crippen LogP contribution is -2.49. The number of hydrogen-bond acceptors (Lipinski definition) is 3. The van der Waals surface area contributed by atoms with Crippen LogP contribution in [0.2, 0.25) is 5.02 Å². The molecule has 0 radical (unpaired) electrons. The summed E-state index contributed by atoms with van der Waals surface area (Å²) in [6.07, 6.45) is -4.43. The second kappa shape index (κ2) is 11.7. The molecule has 1 fully saturated rings. The van der Waals surface area contributed by atoms with Crippen molar-refractivity contribution in [2.24, 2.45) is 0 Å². The van der Waals surface area contributed by atoms with Crippen molar-refractivity contribution in [3.05, 3.63) is 118 Å². The molecule has 0 aromatic heterocycles. The molecular formula is C32H27ClF3N3O2. The Balaban J connectivity index is 1.22. The summed E-state index contributed by atoms with van der Waals surface area (Å²) in [4.78, 5) is 30.2. The van der Waals surface area contributed by atoms with Crippen LogP contribution in [0.5, 0.6) is 0 Å². The Hall–Kier alpha value is -4.30. The van der Waals surface area contributed by atoms with E-state index in [9.17, 15) is 22.8 Å². The molecule has 0 unspecified atom stereocenters. The summed E-state index contributed by atoms with van der Waals surface area (Å²) < 4.78 is 38.9. The van der Waals surface area contributed by atoms with Crippen LogP contribution < -0.4 is 10.2 Å². The van der Waals surface area contributed by atoms with Gasteiger partial charge in [0.1, 0.15) is 0 Å². The van der Waals surface area contributed by atoms with E-state index in [1.54, 1.807) is 42.5 Å². The Bertz CT molecular complexity index is 1540. The summed E-state index contributed by atoms with van der Waals surface area (Å²) in [5.74, 6) is -0.433. The van der Waals surface area contributed by atoms with E-state index in [-0.39, 0.29) is 11.8 Å². The lowest BCUT2D eigenvalue weighted by Gasteiger charge is -2.36. The van der Waals surface area contributed by atoms with Crippen molar-refractivity contribution in [2.75, 3.05) is 36.4 Å². The van der Waals surface area contributed by atoms with Gasteiger partial charge in [0.2, 0.25) is 0 Å². The number of amides is 2. The van der Waals surface area contributed by atoms with Crippen LogP contribution in [-0.2, 0) is 6.18 Å². The van der Waals surface area contributed by atoms with Gasteiger partial charge in [-0.05, 0) is 72.1 Å². The minimum absolute atomic E-state index is 0.0672. The summed E-state index contributed by atoms with van der Waals surface area (Å²) in [5, 5.41) is 3.34. The molecule has 0 bridgehead atoms. The third kappa shape index (κ3) is 6.23. The van der Waals surface area contributed by atoms with Gasteiger partial charge in [0.05, 0.1) is 16.1 Å². The predicted octanol–water partition coefficient (Wildman–Crippen LogP) is 7.55. The van der Waals surface area contributed by atoms with Gasteiger partial charge in [0.15, 0.2) is 0 Å². The van der Waals surface area contributed by atoms with Gasteiger partial charge in [0.25, 0.3) is 11.8 Å². The number of anilines is 2. The monoisotopic (exact) mass is 577 g/mol. The van der Waals surface area contributed by atoms with Gasteiger partial charge in [0, 0.05) is 43.1 Å². The van der Waals surface area contributed by atoms with Gasteiger partial charge in [-0.1, -0.05) is 54.1 Å². The van der Waals surface area contributed by atoms with E-state index < -0.39 is 11.7 Å². The van der Waals surface area contributed by atoms with Crippen molar-refractivity contribution < 1.29 is 22.8 Å². The molecule has 9 heteroatoms. The molecule has 0 aliphatic carbocycles. The molecule has 5 rings (SSSR count). The van der Waals surface area contributed by atoms with Gasteiger partial charge < -0.3 is 15.1 Å². The predicted molar refractivity (Wildman–Crippen MR) is 156 cm³/mol. The number of benzene rings is 4. The smallest absolute Gasteiger partial charge is 0.368 e. The molecule has 210 valence electrons. The van der Waals surface area contributed by atoms with E-state index in [0.717, 1.165) is 23.4 Å². The highest BCUT2D eigenvalue weighted by molar-refractivity contribution is 6.34. The van der Waals surface area contributed by atoms with Gasteiger partial charge in [-0.2, -0.15) is 13.2 Å². The minimum atomic E-state index is -4.43. The molecule has 0 spiro atoms. The second-order valence-corrected chi connectivity index (χ2v) is 10.2. The quantitative estimate of drug-likeness (QED) is 0.266. The third-order valence-electron chi connectivity index (χ3n) is 7.19. The van der Waals surface area contributed by atoms with E-state index in [0.29, 0.717) is 59.1 Å². The fourth-order valence-corrected chi connectivity index (χ4v) is 5.26. The molecule has 1 heterocycles. The third-order valence-corrected chi connectivity index (χ3v) is 7.50. The number of rotatable bonds is 5. The first kappa shape index (κ1) is 28.2. The number of aryl methyl sites for hydroxylation is 1. The summed E-state index contributed by atoms with van der Waals surface area (Å²) in [5.41, 5.74) is 3.61. The van der Waals surface area contributed by atoms with Crippen LogP contribution in [0.25, 0.3) is 11.1 Å². The van der Waals surface area contributed by atoms with E-state index in [2.05, 4.69) is 10.2 Å². The number of piperazine rings is 1. The molecule has 1 aliphatic rings. The summed E-state index contributed by atoms with van der Waals surface area (Å²) in [7, 11) is 0. The number of alkyl halides is 3. The van der Waals surface area contributed by atoms with Gasteiger partial charge in [-0.15, -0.1) is 0 Å². The minimum Gasteiger partial charge on any atom is -0.368 e. The molecule has 41 heavy (non-hydrogen) atoms. The van der Waals surface area contributed by atoms with E-state index in [4.69, 9.17) is 11.6 Å². The van der Waals surface area contributed by atoms with Gasteiger partial charge >= 0.3 is 6.18 Å². The summed E-state index contributed by atoms with van der Waals surface area (Å²) in [6, 6.07) is 24.4. The number of hydrogen-bond donors (Lipinski definition) is 1. The number of nitrogens with one attached hydrogen (secondary N) is 1. The maximum atomic E-state index is 13.1. The van der Waals surface area contributed by atoms with Crippen LogP contribution in [0.4, 0.5) is 24.5 Å². The van der Waals surface area contributed by atoms with Crippen molar-refractivity contribution in [3.63, 3.8) is 0 Å². The van der Waals surface area contributed by atoms with E-state index in [1.807, 2.05) is 36.1 Å². The average Bonchev–Trinajstić information content (AvgIpc) is 2.97. The molecule has 1 saturated heterocycles. The van der Waals surface area contributed by atoms with Gasteiger partial charge in [-0.3, -0.25) is 9.59 Å². The maximum Gasteiger partial charge on any atom is 0.416 e. The molecule has 0 saturated carbocycles. The van der Waals surface area contributed by atoms with Gasteiger partial charge in [-0.25, -0.2) is 0 Å². The second-order valence-electron chi connectivity index (χ2n) is 9.83. The maximum absolute atomic E-state index is 13.1. The number of nitrogens with zero attached hydrogens (tertiary/aromatic N) is 2. The normalized spacial score (nSPS) is 13.7. The SMILES string of the molecule is Cc1cccc(Cl)c1C(=O)N1CCN(c2ccc(NC(=O)c3ccccc3-c3ccc(C(F)(F)F)cc3)cc2)CC1. The largest absolute Gasteiger partial charge is 0.416 e. The van der Waals surface area contributed by atoms with Crippen LogP contribution in [0, 0.1) is 6.92 Å². The van der Waals surface area contributed by atoms with Crippen molar-refractivity contribution in [2.45, 2.75) is 13.1 Å². The van der Waals surface area contributed by atoms with Crippen molar-refractivity contribution in [1.82, 2.24) is 4.90 Å². The first-order chi connectivity index (χ1) is 19.6.